The molecule has 1 aliphatic rings. The van der Waals surface area contributed by atoms with E-state index in [0.29, 0.717) is 0 Å². The maximum absolute atomic E-state index is 5.14. The zero-order valence-corrected chi connectivity index (χ0v) is 4.81. The second kappa shape index (κ2) is 2.31. The summed E-state index contributed by atoms with van der Waals surface area (Å²) in [7, 11) is 0. The van der Waals surface area contributed by atoms with Crippen molar-refractivity contribution in [2.24, 2.45) is 5.92 Å². The van der Waals surface area contributed by atoms with Crippen LogP contribution in [0.5, 0.6) is 0 Å². The van der Waals surface area contributed by atoms with Gasteiger partial charge in [0.1, 0.15) is 0 Å². The van der Waals surface area contributed by atoms with Gasteiger partial charge in [0.25, 0.3) is 0 Å². The second-order valence-electron chi connectivity index (χ2n) is 2.29. The first kappa shape index (κ1) is 5.10. The van der Waals surface area contributed by atoms with E-state index in [4.69, 9.17) is 4.74 Å². The first-order chi connectivity index (χ1) is 3.39. The molecule has 0 N–H and O–H groups in total. The van der Waals surface area contributed by atoms with E-state index in [9.17, 15) is 0 Å². The van der Waals surface area contributed by atoms with Crippen molar-refractivity contribution >= 4 is 0 Å². The summed E-state index contributed by atoms with van der Waals surface area (Å²) in [4.78, 5) is 0. The molecule has 1 fully saturated rings. The highest BCUT2D eigenvalue weighted by molar-refractivity contribution is 4.55. The molecule has 1 heteroatoms. The van der Waals surface area contributed by atoms with Crippen LogP contribution in [0.4, 0.5) is 0 Å². The molecule has 1 heterocycles. The molecule has 0 bridgehead atoms. The predicted molar refractivity (Wildman–Crippen MR) is 29.2 cm³/mol. The lowest BCUT2D eigenvalue weighted by Gasteiger charge is -2.16. The summed E-state index contributed by atoms with van der Waals surface area (Å²) < 4.78 is 5.14. The Hall–Kier alpha value is -0.0400. The van der Waals surface area contributed by atoms with Crippen LogP contribution in [0.15, 0.2) is 0 Å². The van der Waals surface area contributed by atoms with Crippen molar-refractivity contribution in [1.82, 2.24) is 0 Å². The van der Waals surface area contributed by atoms with E-state index in [0.717, 1.165) is 19.1 Å². The third-order valence-corrected chi connectivity index (χ3v) is 1.51. The topological polar surface area (TPSA) is 9.23 Å². The number of hydrogen-bond donors (Lipinski definition) is 0. The number of ether oxygens (including phenoxy) is 1. The van der Waals surface area contributed by atoms with Crippen molar-refractivity contribution in [3.05, 3.63) is 0 Å². The van der Waals surface area contributed by atoms with Crippen molar-refractivity contribution in [3.63, 3.8) is 0 Å². The molecule has 0 amide bonds. The number of hydrogen-bond acceptors (Lipinski definition) is 1. The Morgan fingerprint density at radius 1 is 1.29 bits per heavy atom. The van der Waals surface area contributed by atoms with Crippen molar-refractivity contribution in [2.45, 2.75) is 19.8 Å². The van der Waals surface area contributed by atoms with Gasteiger partial charge in [0.05, 0.1) is 0 Å². The van der Waals surface area contributed by atoms with Gasteiger partial charge in [0, 0.05) is 13.2 Å². The Morgan fingerprint density at radius 2 is 1.86 bits per heavy atom. The van der Waals surface area contributed by atoms with E-state index in [1.807, 2.05) is 0 Å². The third-order valence-electron chi connectivity index (χ3n) is 1.51. The molecule has 1 rings (SSSR count). The molecule has 7 heavy (non-hydrogen) atoms. The zero-order valence-electron chi connectivity index (χ0n) is 4.81. The van der Waals surface area contributed by atoms with Gasteiger partial charge >= 0.3 is 0 Å². The van der Waals surface area contributed by atoms with Gasteiger partial charge in [0.2, 0.25) is 0 Å². The van der Waals surface area contributed by atoms with Gasteiger partial charge in [-0.25, -0.2) is 0 Å². The Bertz CT molecular complexity index is 46.1. The Balaban J connectivity index is 2.12. The van der Waals surface area contributed by atoms with Gasteiger partial charge in [-0.1, -0.05) is 6.92 Å². The fourth-order valence-corrected chi connectivity index (χ4v) is 0.815. The normalized spacial score (nSPS) is 25.3. The first-order valence-electron chi connectivity index (χ1n) is 2.97. The Kier molecular flexibility index (Phi) is 1.69. The molecule has 1 nitrogen and oxygen atoms in total. The summed E-state index contributed by atoms with van der Waals surface area (Å²) in [5.41, 5.74) is 0. The van der Waals surface area contributed by atoms with Gasteiger partial charge in [0.15, 0.2) is 0 Å². The molecule has 42 valence electrons. The lowest BCUT2D eigenvalue weighted by molar-refractivity contribution is 0.0716. The smallest absolute Gasteiger partial charge is 0.0468 e. The average Bonchev–Trinajstić information content (AvgIpc) is 1.69. The van der Waals surface area contributed by atoms with Gasteiger partial charge < -0.3 is 4.74 Å². The minimum Gasteiger partial charge on any atom is -0.381 e. The van der Waals surface area contributed by atoms with E-state index in [2.05, 4.69) is 6.92 Å². The average molecular weight is 100 g/mol. The second-order valence-corrected chi connectivity index (χ2v) is 2.29. The lowest BCUT2D eigenvalue weighted by atomic mass is 10.0. The highest BCUT2D eigenvalue weighted by atomic mass is 16.5. The van der Waals surface area contributed by atoms with Crippen LogP contribution in [0.25, 0.3) is 0 Å². The van der Waals surface area contributed by atoms with Crippen LogP contribution in [0.2, 0.25) is 0 Å². The molecule has 0 aromatic heterocycles. The zero-order chi connectivity index (χ0) is 5.11. The van der Waals surface area contributed by atoms with Crippen LogP contribution in [0.3, 0.4) is 0 Å². The molecule has 0 unspecified atom stereocenters. The minimum absolute atomic E-state index is 0.911. The van der Waals surface area contributed by atoms with Crippen LogP contribution in [-0.2, 0) is 4.74 Å². The van der Waals surface area contributed by atoms with Crippen molar-refractivity contribution < 1.29 is 4.74 Å². The molecule has 0 atom stereocenters. The molecule has 0 spiro atoms. The summed E-state index contributed by atoms with van der Waals surface area (Å²) in [6.45, 7) is 4.25. The highest BCUT2D eigenvalue weighted by Crippen LogP contribution is 2.11. The molecular formula is C6H12O. The largest absolute Gasteiger partial charge is 0.381 e. The van der Waals surface area contributed by atoms with E-state index in [1.54, 1.807) is 0 Å². The molecule has 1 aliphatic heterocycles. The monoisotopic (exact) mass is 100 g/mol. The molecule has 0 radical (unpaired) electrons. The van der Waals surface area contributed by atoms with Crippen molar-refractivity contribution in [3.8, 4) is 0 Å². The summed E-state index contributed by atoms with van der Waals surface area (Å²) in [6, 6.07) is 0. The Labute approximate surface area is 44.7 Å². The fourth-order valence-electron chi connectivity index (χ4n) is 0.815. The lowest BCUT2D eigenvalue weighted by Crippen LogP contribution is -2.12. The SMILES string of the molecule is CC1CCOCC1. The molecule has 0 aliphatic carbocycles. The first-order valence-corrected chi connectivity index (χ1v) is 2.97. The summed E-state index contributed by atoms with van der Waals surface area (Å²) in [6.07, 6.45) is 2.53. The Morgan fingerprint density at radius 3 is 2.14 bits per heavy atom. The van der Waals surface area contributed by atoms with Crippen molar-refractivity contribution in [2.75, 3.05) is 13.2 Å². The van der Waals surface area contributed by atoms with E-state index in [1.165, 1.54) is 12.8 Å². The van der Waals surface area contributed by atoms with E-state index < -0.39 is 0 Å². The minimum atomic E-state index is 0.911. The molecular weight excluding hydrogens is 88.1 g/mol. The van der Waals surface area contributed by atoms with Gasteiger partial charge in [-0.15, -0.1) is 0 Å². The molecule has 0 aromatic rings. The van der Waals surface area contributed by atoms with Crippen LogP contribution >= 0.6 is 0 Å². The highest BCUT2D eigenvalue weighted by Gasteiger charge is 2.06. The predicted octanol–water partition coefficient (Wildman–Crippen LogP) is 1.43. The van der Waals surface area contributed by atoms with Gasteiger partial charge in [-0.2, -0.15) is 0 Å². The van der Waals surface area contributed by atoms with Crippen LogP contribution in [-0.4, -0.2) is 13.2 Å². The standard InChI is InChI=1S/C6H12O/c1-6-2-4-7-5-3-6/h6H,2-5H2,1H3. The summed E-state index contributed by atoms with van der Waals surface area (Å²) in [5.74, 6) is 0.911. The maximum Gasteiger partial charge on any atom is 0.0468 e. The van der Waals surface area contributed by atoms with Crippen LogP contribution < -0.4 is 0 Å². The van der Waals surface area contributed by atoms with E-state index >= 15 is 0 Å². The van der Waals surface area contributed by atoms with Crippen LogP contribution in [0.1, 0.15) is 19.8 Å². The van der Waals surface area contributed by atoms with Gasteiger partial charge in [-0.3, -0.25) is 0 Å². The molecule has 1 saturated heterocycles. The van der Waals surface area contributed by atoms with E-state index in [-0.39, 0.29) is 0 Å². The maximum atomic E-state index is 5.14. The van der Waals surface area contributed by atoms with Gasteiger partial charge in [-0.05, 0) is 18.8 Å². The fraction of sp³-hybridized carbons (Fsp3) is 1.00. The van der Waals surface area contributed by atoms with Crippen LogP contribution in [0, 0.1) is 5.92 Å². The summed E-state index contributed by atoms with van der Waals surface area (Å²) >= 11 is 0. The summed E-state index contributed by atoms with van der Waals surface area (Å²) in [5, 5.41) is 0. The number of rotatable bonds is 0. The molecule has 0 aromatic carbocycles. The van der Waals surface area contributed by atoms with Crippen molar-refractivity contribution in [1.29, 1.82) is 0 Å². The molecule has 0 saturated carbocycles. The quantitative estimate of drug-likeness (QED) is 0.447. The third kappa shape index (κ3) is 1.48.